The molecule has 18 rings (SSSR count). The lowest BCUT2D eigenvalue weighted by atomic mass is 9.92. The highest BCUT2D eigenvalue weighted by molar-refractivity contribution is 6.42. The van der Waals surface area contributed by atoms with Crippen molar-refractivity contribution in [3.05, 3.63) is 251 Å². The number of aryl methyl sites for hydroxylation is 2. The molecule has 12 aromatic carbocycles. The number of carbonyl (C=O) groups is 8. The summed E-state index contributed by atoms with van der Waals surface area (Å²) < 4.78 is 4.45. The van der Waals surface area contributed by atoms with E-state index in [4.69, 9.17) is 0 Å². The van der Waals surface area contributed by atoms with Gasteiger partial charge in [0, 0.05) is 67.5 Å². The molecule has 432 valence electrons. The molecule has 0 N–H and O–H groups in total. The largest absolute Gasteiger partial charge is 0.341 e. The van der Waals surface area contributed by atoms with Crippen molar-refractivity contribution in [3.63, 3.8) is 0 Å². The van der Waals surface area contributed by atoms with E-state index < -0.39 is 47.3 Å². The molecule has 6 heterocycles. The smallest absolute Gasteiger partial charge is 0.266 e. The number of rotatable bonds is 9. The summed E-state index contributed by atoms with van der Waals surface area (Å²) in [6.45, 7) is 5.75. The van der Waals surface area contributed by atoms with Crippen molar-refractivity contribution in [1.29, 1.82) is 0 Å². The minimum absolute atomic E-state index is 0.132. The average Bonchev–Trinajstić information content (AvgIpc) is 1.74. The van der Waals surface area contributed by atoms with Crippen molar-refractivity contribution in [2.24, 2.45) is 0 Å². The number of para-hydroxylation sites is 2. The Morgan fingerprint density at radius 2 is 0.692 bits per heavy atom. The zero-order valence-corrected chi connectivity index (χ0v) is 48.7. The van der Waals surface area contributed by atoms with Crippen molar-refractivity contribution in [1.82, 2.24) is 9.13 Å². The van der Waals surface area contributed by atoms with Crippen molar-refractivity contribution < 1.29 is 38.4 Å². The van der Waals surface area contributed by atoms with Gasteiger partial charge in [0.25, 0.3) is 47.3 Å². The number of anilines is 4. The summed E-state index contributed by atoms with van der Waals surface area (Å²) in [5, 5.41) is 8.05. The lowest BCUT2D eigenvalue weighted by Gasteiger charge is -2.22. The van der Waals surface area contributed by atoms with E-state index in [0.717, 1.165) is 73.9 Å². The molecule has 4 aliphatic rings. The topological polar surface area (TPSA) is 159 Å². The minimum Gasteiger partial charge on any atom is -0.341 e. The quantitative estimate of drug-likeness (QED) is 0.102. The van der Waals surface area contributed by atoms with Gasteiger partial charge < -0.3 is 9.13 Å². The van der Waals surface area contributed by atoms with Gasteiger partial charge in [-0.1, -0.05) is 116 Å². The van der Waals surface area contributed by atoms with Crippen LogP contribution >= 0.6 is 0 Å². The second-order valence-corrected chi connectivity index (χ2v) is 23.7. The first-order chi connectivity index (χ1) is 44.4. The van der Waals surface area contributed by atoms with E-state index in [1.54, 1.807) is 97.1 Å². The van der Waals surface area contributed by atoms with Crippen LogP contribution in [0.15, 0.2) is 206 Å². The number of amides is 8. The second kappa shape index (κ2) is 18.7. The standard InChI is InChI=1S/C77H46N6O8/c1-3-35-79-61-18-8-6-12-49(61)57-39-45(26-34-63(57)79)81-72(86)54-15-9-13-46(68(54)76(81)90)43-22-28-51-59(37-43)75(89)82(71(51)85)64-31-23-40-20-30-53-65(32-24-41-19-29-52(64)66(40)67(41)53)83-73(87)55-16-10-14-47(69(55)77(83)91)42-21-27-50-58(36-42)74(88)80(70(50)84)44-25-33-62-56(38-44)48-11-5-7-17-60(48)78(62)4-2/h5-34,36-39H,3-4,35H2,1-2H3. The van der Waals surface area contributed by atoms with Crippen LogP contribution in [-0.4, -0.2) is 56.4 Å². The molecule has 0 atom stereocenters. The predicted molar refractivity (Wildman–Crippen MR) is 353 cm³/mol. The molecule has 8 amide bonds. The molecule has 0 saturated heterocycles. The molecule has 0 bridgehead atoms. The molecule has 2 aromatic heterocycles. The Kier molecular flexibility index (Phi) is 10.7. The van der Waals surface area contributed by atoms with Gasteiger partial charge in [0.15, 0.2) is 0 Å². The van der Waals surface area contributed by atoms with Crippen molar-refractivity contribution in [2.45, 2.75) is 33.4 Å². The van der Waals surface area contributed by atoms with Crippen LogP contribution < -0.4 is 19.6 Å². The third-order valence-corrected chi connectivity index (χ3v) is 19.1. The lowest BCUT2D eigenvalue weighted by molar-refractivity contribution is 0.0910. The number of carbonyl (C=O) groups excluding carboxylic acids is 8. The van der Waals surface area contributed by atoms with Crippen LogP contribution in [0.2, 0.25) is 0 Å². The van der Waals surface area contributed by atoms with Crippen molar-refractivity contribution >= 4 is 146 Å². The van der Waals surface area contributed by atoms with E-state index in [9.17, 15) is 33.6 Å². The maximum absolute atomic E-state index is 15.1. The Labute approximate surface area is 516 Å². The second-order valence-electron chi connectivity index (χ2n) is 23.7. The number of aromatic nitrogens is 2. The van der Waals surface area contributed by atoms with Gasteiger partial charge in [-0.3, -0.25) is 38.4 Å². The first-order valence-electron chi connectivity index (χ1n) is 30.2. The van der Waals surface area contributed by atoms with Crippen LogP contribution in [0.3, 0.4) is 0 Å². The molecular weight excluding hydrogens is 1140 g/mol. The van der Waals surface area contributed by atoms with Crippen LogP contribution in [0.4, 0.5) is 22.7 Å². The molecule has 0 fully saturated rings. The number of hydrogen-bond acceptors (Lipinski definition) is 8. The van der Waals surface area contributed by atoms with Gasteiger partial charge in [0.2, 0.25) is 0 Å². The third-order valence-electron chi connectivity index (χ3n) is 19.1. The van der Waals surface area contributed by atoms with E-state index in [-0.39, 0.29) is 44.5 Å². The zero-order chi connectivity index (χ0) is 61.6. The molecule has 14 heteroatoms. The number of hydrogen-bond donors (Lipinski definition) is 0. The lowest BCUT2D eigenvalue weighted by Crippen LogP contribution is -2.30. The number of fused-ring (bicyclic) bond motifs is 10. The van der Waals surface area contributed by atoms with Crippen molar-refractivity contribution in [2.75, 3.05) is 19.6 Å². The number of nitrogens with zero attached hydrogens (tertiary/aromatic N) is 6. The highest BCUT2D eigenvalue weighted by Crippen LogP contribution is 2.47. The Morgan fingerprint density at radius 3 is 1.23 bits per heavy atom. The summed E-state index contributed by atoms with van der Waals surface area (Å²) in [5.41, 5.74) is 8.96. The van der Waals surface area contributed by atoms with E-state index >= 15 is 4.79 Å². The van der Waals surface area contributed by atoms with Crippen molar-refractivity contribution in [3.8, 4) is 22.3 Å². The Balaban J connectivity index is 0.660. The average molecular weight is 1180 g/mol. The van der Waals surface area contributed by atoms with Crippen LogP contribution in [0, 0.1) is 0 Å². The molecule has 0 saturated carbocycles. The van der Waals surface area contributed by atoms with Crippen LogP contribution in [0.25, 0.3) is 98.2 Å². The molecule has 0 spiro atoms. The molecular formula is C77H46N6O8. The van der Waals surface area contributed by atoms with Gasteiger partial charge in [0.05, 0.1) is 67.3 Å². The van der Waals surface area contributed by atoms with E-state index in [0.29, 0.717) is 66.5 Å². The Bertz CT molecular complexity index is 5830. The minimum atomic E-state index is -0.572. The molecule has 14 aromatic rings. The maximum Gasteiger partial charge on any atom is 0.266 e. The summed E-state index contributed by atoms with van der Waals surface area (Å²) in [6, 6.07) is 62.1. The summed E-state index contributed by atoms with van der Waals surface area (Å²) in [4.78, 5) is 122. The van der Waals surface area contributed by atoms with Crippen LogP contribution in [0.1, 0.15) is 103 Å². The first kappa shape index (κ1) is 52.0. The first-order valence-corrected chi connectivity index (χ1v) is 30.2. The van der Waals surface area contributed by atoms with E-state index in [2.05, 4.69) is 35.1 Å². The predicted octanol–water partition coefficient (Wildman–Crippen LogP) is 15.8. The fourth-order valence-corrected chi connectivity index (χ4v) is 15.1. The van der Waals surface area contributed by atoms with Gasteiger partial charge in [-0.2, -0.15) is 0 Å². The van der Waals surface area contributed by atoms with Crippen LogP contribution in [-0.2, 0) is 13.1 Å². The van der Waals surface area contributed by atoms with Gasteiger partial charge >= 0.3 is 0 Å². The summed E-state index contributed by atoms with van der Waals surface area (Å²) in [7, 11) is 0. The molecule has 0 radical (unpaired) electrons. The fraction of sp³-hybridized carbons (Fsp3) is 0.0649. The normalized spacial score (nSPS) is 14.7. The molecule has 91 heavy (non-hydrogen) atoms. The van der Waals surface area contributed by atoms with Crippen LogP contribution in [0.5, 0.6) is 0 Å². The maximum atomic E-state index is 15.1. The SMILES string of the molecule is CCCn1c2ccccc2c2cc(N3C(=O)c4cccc(-c5ccc6c(c5)C(=O)N(c5ccc7ccc8c(N9C(=O)c%10cccc(-c%11ccc%12c(c%11)C(=O)N(c%11ccc%13c(c%11)c%11ccccc%11n%13CC)C%12=O)c%10C9=O)ccc9ccc5c7c98)C6=O)c4C3=O)ccc21. The summed E-state index contributed by atoms with van der Waals surface area (Å²) in [5.74, 6) is -4.14. The molecule has 14 nitrogen and oxygen atoms in total. The van der Waals surface area contributed by atoms with Gasteiger partial charge in [-0.25, -0.2) is 19.6 Å². The highest BCUT2D eigenvalue weighted by atomic mass is 16.2. The Hall–Kier alpha value is -12.2. The number of imide groups is 4. The highest BCUT2D eigenvalue weighted by Gasteiger charge is 2.44. The number of benzene rings is 12. The van der Waals surface area contributed by atoms with Gasteiger partial charge in [0.1, 0.15) is 0 Å². The fourth-order valence-electron chi connectivity index (χ4n) is 15.1. The summed E-state index contributed by atoms with van der Waals surface area (Å²) >= 11 is 0. The Morgan fingerprint density at radius 1 is 0.286 bits per heavy atom. The van der Waals surface area contributed by atoms with Gasteiger partial charge in [-0.05, 0) is 154 Å². The van der Waals surface area contributed by atoms with E-state index in [1.807, 2.05) is 97.1 Å². The van der Waals surface area contributed by atoms with E-state index in [1.165, 1.54) is 19.6 Å². The summed E-state index contributed by atoms with van der Waals surface area (Å²) in [6.07, 6.45) is 0.929. The monoisotopic (exact) mass is 1180 g/mol. The molecule has 0 unspecified atom stereocenters. The van der Waals surface area contributed by atoms with Gasteiger partial charge in [-0.15, -0.1) is 0 Å². The molecule has 4 aliphatic heterocycles. The zero-order valence-electron chi connectivity index (χ0n) is 48.7. The molecule has 0 aliphatic carbocycles. The third kappa shape index (κ3) is 6.89.